The molecule has 0 amide bonds. The zero-order valence-electron chi connectivity index (χ0n) is 11.2. The number of aryl methyl sites for hydroxylation is 1. The molecule has 0 fully saturated rings. The highest BCUT2D eigenvalue weighted by atomic mass is 32.2. The van der Waals surface area contributed by atoms with Crippen molar-refractivity contribution >= 4 is 27.1 Å². The number of nitrogens with one attached hydrogen (secondary N) is 3. The Morgan fingerprint density at radius 3 is 2.62 bits per heavy atom. The van der Waals surface area contributed by atoms with E-state index in [1.807, 2.05) is 0 Å². The molecule has 0 bridgehead atoms. The van der Waals surface area contributed by atoms with Gasteiger partial charge in [-0.15, -0.1) is 0 Å². The largest absolute Gasteiger partial charge is 0.383 e. The fourth-order valence-corrected chi connectivity index (χ4v) is 3.12. The average molecular weight is 311 g/mol. The highest BCUT2D eigenvalue weighted by Gasteiger charge is 2.24. The Labute approximate surface area is 120 Å². The van der Waals surface area contributed by atoms with Crippen molar-refractivity contribution in [3.05, 3.63) is 40.2 Å². The lowest BCUT2D eigenvalue weighted by Crippen LogP contribution is -2.14. The second kappa shape index (κ2) is 5.40. The Morgan fingerprint density at radius 2 is 2.10 bits per heavy atom. The van der Waals surface area contributed by atoms with Crippen LogP contribution in [0, 0.1) is 17.0 Å². The molecule has 0 unspecified atom stereocenters. The molecule has 2 rings (SSSR count). The van der Waals surface area contributed by atoms with Crippen LogP contribution in [0.15, 0.2) is 29.4 Å². The van der Waals surface area contributed by atoms with Gasteiger partial charge in [0.05, 0.1) is 21.7 Å². The zero-order valence-corrected chi connectivity index (χ0v) is 12.1. The third kappa shape index (κ3) is 2.94. The molecule has 1 heterocycles. The number of nitro groups is 1. The van der Waals surface area contributed by atoms with Crippen molar-refractivity contribution in [1.82, 2.24) is 10.2 Å². The maximum Gasteiger partial charge on any atom is 0.293 e. The summed E-state index contributed by atoms with van der Waals surface area (Å²) < 4.78 is 26.9. The van der Waals surface area contributed by atoms with Crippen LogP contribution in [0.2, 0.25) is 0 Å². The summed E-state index contributed by atoms with van der Waals surface area (Å²) in [6, 6.07) is 2.45. The molecular formula is C11H13N5O4S. The van der Waals surface area contributed by atoms with Crippen LogP contribution >= 0.6 is 0 Å². The van der Waals surface area contributed by atoms with Crippen molar-refractivity contribution in [3.8, 4) is 0 Å². The molecule has 0 spiro atoms. The number of aromatic amines is 1. The van der Waals surface area contributed by atoms with Gasteiger partial charge in [0.1, 0.15) is 5.69 Å². The van der Waals surface area contributed by atoms with Crippen LogP contribution in [-0.4, -0.2) is 30.6 Å². The first kappa shape index (κ1) is 14.8. The predicted molar refractivity (Wildman–Crippen MR) is 76.8 cm³/mol. The first-order chi connectivity index (χ1) is 9.85. The highest BCUT2D eigenvalue weighted by molar-refractivity contribution is 7.92. The molecule has 0 saturated carbocycles. The van der Waals surface area contributed by atoms with Crippen LogP contribution in [0.25, 0.3) is 0 Å². The highest BCUT2D eigenvalue weighted by Crippen LogP contribution is 2.31. The quantitative estimate of drug-likeness (QED) is 0.566. The lowest BCUT2D eigenvalue weighted by molar-refractivity contribution is -0.384. The molecule has 0 atom stereocenters. The van der Waals surface area contributed by atoms with Gasteiger partial charge in [0, 0.05) is 19.3 Å². The van der Waals surface area contributed by atoms with Crippen LogP contribution < -0.4 is 10.0 Å². The number of rotatable bonds is 5. The number of H-pyrrole nitrogens is 1. The molecule has 1 aromatic carbocycles. The second-order valence-electron chi connectivity index (χ2n) is 4.23. The van der Waals surface area contributed by atoms with Crippen molar-refractivity contribution in [1.29, 1.82) is 0 Å². The average Bonchev–Trinajstić information content (AvgIpc) is 2.89. The molecular weight excluding hydrogens is 298 g/mol. The summed E-state index contributed by atoms with van der Waals surface area (Å²) in [6.45, 7) is 1.56. The summed E-state index contributed by atoms with van der Waals surface area (Å²) in [5.41, 5.74) is 0.575. The molecule has 0 aliphatic rings. The van der Waals surface area contributed by atoms with E-state index in [9.17, 15) is 18.5 Å². The van der Waals surface area contributed by atoms with Gasteiger partial charge in [-0.1, -0.05) is 0 Å². The Morgan fingerprint density at radius 1 is 1.38 bits per heavy atom. The lowest BCUT2D eigenvalue weighted by Gasteiger charge is -2.11. The van der Waals surface area contributed by atoms with E-state index in [-0.39, 0.29) is 22.0 Å². The smallest absolute Gasteiger partial charge is 0.293 e. The number of benzene rings is 1. The number of nitro benzene ring substituents is 1. The van der Waals surface area contributed by atoms with Crippen LogP contribution in [0.5, 0.6) is 0 Å². The minimum absolute atomic E-state index is 0.158. The standard InChI is InChI=1S/C11H13N5O4S/c1-7-3-9(12-2)10(16(17)18)4-11(7)21(19,20)15-8-5-13-14-6-8/h3-6,12,15H,1-2H3,(H,13,14). The van der Waals surface area contributed by atoms with Crippen LogP contribution in [0.3, 0.4) is 0 Å². The number of sulfonamides is 1. The molecule has 0 aliphatic heterocycles. The van der Waals surface area contributed by atoms with Crippen LogP contribution in [0.4, 0.5) is 17.1 Å². The maximum atomic E-state index is 12.3. The van der Waals surface area contributed by atoms with Gasteiger partial charge in [-0.2, -0.15) is 5.10 Å². The summed E-state index contributed by atoms with van der Waals surface area (Å²) in [7, 11) is -2.41. The first-order valence-corrected chi connectivity index (χ1v) is 7.32. The summed E-state index contributed by atoms with van der Waals surface area (Å²) >= 11 is 0. The van der Waals surface area contributed by atoms with E-state index in [2.05, 4.69) is 20.2 Å². The van der Waals surface area contributed by atoms with E-state index in [4.69, 9.17) is 0 Å². The molecule has 9 nitrogen and oxygen atoms in total. The minimum Gasteiger partial charge on any atom is -0.383 e. The maximum absolute atomic E-state index is 12.3. The Hall–Kier alpha value is -2.62. The van der Waals surface area contributed by atoms with Crippen molar-refractivity contribution in [3.63, 3.8) is 0 Å². The first-order valence-electron chi connectivity index (χ1n) is 5.83. The third-order valence-electron chi connectivity index (χ3n) is 2.80. The van der Waals surface area contributed by atoms with Crippen LogP contribution in [0.1, 0.15) is 5.56 Å². The van der Waals surface area contributed by atoms with Gasteiger partial charge >= 0.3 is 0 Å². The topological polar surface area (TPSA) is 130 Å². The third-order valence-corrected chi connectivity index (χ3v) is 4.32. The molecule has 10 heteroatoms. The summed E-state index contributed by atoms with van der Waals surface area (Å²) in [4.78, 5) is 10.2. The summed E-state index contributed by atoms with van der Waals surface area (Å²) in [6.07, 6.45) is 2.66. The van der Waals surface area contributed by atoms with Crippen molar-refractivity contribution < 1.29 is 13.3 Å². The van der Waals surface area contributed by atoms with E-state index in [1.165, 1.54) is 25.5 Å². The SMILES string of the molecule is CNc1cc(C)c(S(=O)(=O)Nc2cn[nH]c2)cc1[N+](=O)[O-]. The van der Waals surface area contributed by atoms with E-state index >= 15 is 0 Å². The Kier molecular flexibility index (Phi) is 3.80. The molecule has 21 heavy (non-hydrogen) atoms. The summed E-state index contributed by atoms with van der Waals surface area (Å²) in [5, 5.41) is 19.8. The van der Waals surface area contributed by atoms with Crippen LogP contribution in [-0.2, 0) is 10.0 Å². The normalized spacial score (nSPS) is 11.1. The van der Waals surface area contributed by atoms with E-state index in [0.717, 1.165) is 6.07 Å². The lowest BCUT2D eigenvalue weighted by atomic mass is 10.2. The molecule has 0 radical (unpaired) electrons. The van der Waals surface area contributed by atoms with Crippen molar-refractivity contribution in [2.75, 3.05) is 17.1 Å². The number of anilines is 2. The fraction of sp³-hybridized carbons (Fsp3) is 0.182. The molecule has 0 aliphatic carbocycles. The van der Waals surface area contributed by atoms with Gasteiger partial charge in [0.25, 0.3) is 15.7 Å². The van der Waals surface area contributed by atoms with Crippen molar-refractivity contribution in [2.24, 2.45) is 0 Å². The monoisotopic (exact) mass is 311 g/mol. The van der Waals surface area contributed by atoms with Gasteiger partial charge < -0.3 is 5.32 Å². The van der Waals surface area contributed by atoms with Crippen molar-refractivity contribution in [2.45, 2.75) is 11.8 Å². The molecule has 3 N–H and O–H groups in total. The van der Waals surface area contributed by atoms with E-state index in [0.29, 0.717) is 5.56 Å². The predicted octanol–water partition coefficient (Wildman–Crippen LogP) is 1.47. The van der Waals surface area contributed by atoms with E-state index < -0.39 is 14.9 Å². The van der Waals surface area contributed by atoms with E-state index in [1.54, 1.807) is 6.92 Å². The van der Waals surface area contributed by atoms with Gasteiger partial charge in [0.2, 0.25) is 0 Å². The molecule has 0 saturated heterocycles. The fourth-order valence-electron chi connectivity index (χ4n) is 1.83. The molecule has 2 aromatic rings. The minimum atomic E-state index is -3.94. The van der Waals surface area contributed by atoms with Gasteiger partial charge in [0.15, 0.2) is 0 Å². The number of hydrogen-bond acceptors (Lipinski definition) is 6. The number of hydrogen-bond donors (Lipinski definition) is 3. The zero-order chi connectivity index (χ0) is 15.6. The Bertz CT molecular complexity index is 770. The summed E-state index contributed by atoms with van der Waals surface area (Å²) in [5.74, 6) is 0. The van der Waals surface area contributed by atoms with Gasteiger partial charge in [-0.25, -0.2) is 8.42 Å². The Balaban J connectivity index is 2.52. The second-order valence-corrected chi connectivity index (χ2v) is 5.89. The molecule has 1 aromatic heterocycles. The molecule has 112 valence electrons. The number of aromatic nitrogens is 2. The van der Waals surface area contributed by atoms with Gasteiger partial charge in [-0.05, 0) is 18.6 Å². The number of nitrogens with zero attached hydrogens (tertiary/aromatic N) is 2. The van der Waals surface area contributed by atoms with Gasteiger partial charge in [-0.3, -0.25) is 19.9 Å².